The second-order valence-electron chi connectivity index (χ2n) is 5.35. The van der Waals surface area contributed by atoms with Gasteiger partial charge in [-0.25, -0.2) is 4.39 Å². The minimum absolute atomic E-state index is 0.309. The molecule has 110 valence electrons. The number of nitrogens with one attached hydrogen (secondary N) is 1. The zero-order valence-corrected chi connectivity index (χ0v) is 11.8. The van der Waals surface area contributed by atoms with Gasteiger partial charge in [0, 0.05) is 19.6 Å². The van der Waals surface area contributed by atoms with Crippen molar-refractivity contribution in [3.8, 4) is 5.75 Å². The van der Waals surface area contributed by atoms with Crippen molar-refractivity contribution >= 4 is 11.4 Å². The second kappa shape index (κ2) is 6.04. The van der Waals surface area contributed by atoms with Gasteiger partial charge in [0.1, 0.15) is 0 Å². The average Bonchev–Trinajstić information content (AvgIpc) is 3.03. The van der Waals surface area contributed by atoms with Crippen LogP contribution < -0.4 is 10.2 Å². The maximum absolute atomic E-state index is 13.3. The van der Waals surface area contributed by atoms with Crippen LogP contribution in [0.2, 0.25) is 0 Å². The van der Waals surface area contributed by atoms with Crippen LogP contribution in [0, 0.1) is 5.82 Å². The molecule has 1 saturated heterocycles. The molecule has 0 bridgehead atoms. The molecule has 1 aliphatic rings. The molecule has 0 amide bonds. The van der Waals surface area contributed by atoms with Crippen molar-refractivity contribution in [3.05, 3.63) is 53.8 Å². The van der Waals surface area contributed by atoms with Gasteiger partial charge in [-0.15, -0.1) is 0 Å². The van der Waals surface area contributed by atoms with Gasteiger partial charge < -0.3 is 15.3 Å². The Morgan fingerprint density at radius 2 is 1.86 bits per heavy atom. The Morgan fingerprint density at radius 3 is 2.62 bits per heavy atom. The summed E-state index contributed by atoms with van der Waals surface area (Å²) in [5.74, 6) is -0.890. The van der Waals surface area contributed by atoms with E-state index in [4.69, 9.17) is 0 Å². The number of nitrogens with zero attached hydrogens (tertiary/aromatic N) is 1. The van der Waals surface area contributed by atoms with Crippen molar-refractivity contribution in [3.63, 3.8) is 0 Å². The molecule has 1 aliphatic heterocycles. The standard InChI is InChI=1S/C17H19FN2O/c18-14-11-13(7-8-17(14)21)12-19-15-5-1-2-6-16(15)20-9-3-4-10-20/h1-2,5-8,11,19,21H,3-4,9-10,12H2. The van der Waals surface area contributed by atoms with E-state index in [0.29, 0.717) is 6.54 Å². The van der Waals surface area contributed by atoms with Gasteiger partial charge in [0.15, 0.2) is 11.6 Å². The van der Waals surface area contributed by atoms with Crippen LogP contribution in [0.4, 0.5) is 15.8 Å². The Bertz CT molecular complexity index is 624. The largest absolute Gasteiger partial charge is 0.505 e. The fraction of sp³-hybridized carbons (Fsp3) is 0.294. The summed E-state index contributed by atoms with van der Waals surface area (Å²) in [6.07, 6.45) is 2.47. The minimum atomic E-state index is -0.581. The van der Waals surface area contributed by atoms with Crippen molar-refractivity contribution in [1.29, 1.82) is 0 Å². The molecule has 21 heavy (non-hydrogen) atoms. The quantitative estimate of drug-likeness (QED) is 0.898. The van der Waals surface area contributed by atoms with Gasteiger partial charge in [-0.3, -0.25) is 0 Å². The molecule has 0 radical (unpaired) electrons. The highest BCUT2D eigenvalue weighted by Gasteiger charge is 2.15. The molecule has 2 aromatic rings. The summed E-state index contributed by atoms with van der Waals surface area (Å²) >= 11 is 0. The number of hydrogen-bond donors (Lipinski definition) is 2. The molecule has 0 aromatic heterocycles. The van der Waals surface area contributed by atoms with E-state index >= 15 is 0 Å². The number of para-hydroxylation sites is 2. The first-order valence-corrected chi connectivity index (χ1v) is 7.29. The van der Waals surface area contributed by atoms with Crippen molar-refractivity contribution in [1.82, 2.24) is 0 Å². The first kappa shape index (κ1) is 13.7. The number of phenols is 1. The maximum Gasteiger partial charge on any atom is 0.165 e. The average molecular weight is 286 g/mol. The third-order valence-electron chi connectivity index (χ3n) is 3.85. The first-order valence-electron chi connectivity index (χ1n) is 7.29. The minimum Gasteiger partial charge on any atom is -0.505 e. The summed E-state index contributed by atoms with van der Waals surface area (Å²) in [6.45, 7) is 2.71. The number of aromatic hydroxyl groups is 1. The zero-order valence-electron chi connectivity index (χ0n) is 11.8. The number of anilines is 2. The fourth-order valence-corrected chi connectivity index (χ4v) is 2.71. The smallest absolute Gasteiger partial charge is 0.165 e. The van der Waals surface area contributed by atoms with E-state index in [9.17, 15) is 9.50 Å². The lowest BCUT2D eigenvalue weighted by Gasteiger charge is -2.22. The highest BCUT2D eigenvalue weighted by molar-refractivity contribution is 5.70. The zero-order chi connectivity index (χ0) is 14.7. The molecule has 1 heterocycles. The van der Waals surface area contributed by atoms with E-state index in [2.05, 4.69) is 16.3 Å². The number of benzene rings is 2. The highest BCUT2D eigenvalue weighted by atomic mass is 19.1. The number of rotatable bonds is 4. The Morgan fingerprint density at radius 1 is 1.10 bits per heavy atom. The Hall–Kier alpha value is -2.23. The van der Waals surface area contributed by atoms with Gasteiger partial charge in [0.2, 0.25) is 0 Å². The normalized spacial score (nSPS) is 14.4. The van der Waals surface area contributed by atoms with Crippen molar-refractivity contribution in [2.75, 3.05) is 23.3 Å². The van der Waals surface area contributed by atoms with Crippen molar-refractivity contribution in [2.45, 2.75) is 19.4 Å². The number of hydrogen-bond acceptors (Lipinski definition) is 3. The van der Waals surface area contributed by atoms with E-state index in [-0.39, 0.29) is 5.75 Å². The topological polar surface area (TPSA) is 35.5 Å². The predicted molar refractivity (Wildman–Crippen MR) is 83.3 cm³/mol. The van der Waals surface area contributed by atoms with E-state index in [1.54, 1.807) is 6.07 Å². The lowest BCUT2D eigenvalue weighted by molar-refractivity contribution is 0.432. The lowest BCUT2D eigenvalue weighted by Crippen LogP contribution is -2.19. The second-order valence-corrected chi connectivity index (χ2v) is 5.35. The van der Waals surface area contributed by atoms with Crippen LogP contribution in [0.25, 0.3) is 0 Å². The van der Waals surface area contributed by atoms with Crippen LogP contribution in [-0.2, 0) is 6.54 Å². The molecule has 0 aliphatic carbocycles. The summed E-state index contributed by atoms with van der Waals surface area (Å²) in [4.78, 5) is 2.37. The maximum atomic E-state index is 13.3. The molecule has 0 spiro atoms. The van der Waals surface area contributed by atoms with Crippen LogP contribution in [-0.4, -0.2) is 18.2 Å². The third kappa shape index (κ3) is 3.10. The van der Waals surface area contributed by atoms with Gasteiger partial charge in [0.05, 0.1) is 11.4 Å². The van der Waals surface area contributed by atoms with E-state index < -0.39 is 5.82 Å². The predicted octanol–water partition coefficient (Wildman–Crippen LogP) is 3.74. The van der Waals surface area contributed by atoms with E-state index in [0.717, 1.165) is 24.3 Å². The lowest BCUT2D eigenvalue weighted by atomic mass is 10.2. The van der Waals surface area contributed by atoms with Crippen LogP contribution in [0.1, 0.15) is 18.4 Å². The molecule has 3 nitrogen and oxygen atoms in total. The summed E-state index contributed by atoms with van der Waals surface area (Å²) in [5, 5.41) is 12.6. The molecule has 0 unspecified atom stereocenters. The van der Waals surface area contributed by atoms with Crippen molar-refractivity contribution in [2.24, 2.45) is 0 Å². The van der Waals surface area contributed by atoms with Crippen molar-refractivity contribution < 1.29 is 9.50 Å². The Kier molecular flexibility index (Phi) is 3.95. The molecule has 4 heteroatoms. The molecule has 2 aromatic carbocycles. The summed E-state index contributed by atoms with van der Waals surface area (Å²) in [7, 11) is 0. The number of halogens is 1. The summed E-state index contributed by atoms with van der Waals surface area (Å²) in [6, 6.07) is 12.7. The molecular weight excluding hydrogens is 267 g/mol. The van der Waals surface area contributed by atoms with Crippen LogP contribution in [0.5, 0.6) is 5.75 Å². The molecule has 2 N–H and O–H groups in total. The third-order valence-corrected chi connectivity index (χ3v) is 3.85. The molecule has 0 atom stereocenters. The van der Waals surface area contributed by atoms with Crippen LogP contribution in [0.15, 0.2) is 42.5 Å². The molecule has 3 rings (SSSR count). The molecule has 1 fully saturated rings. The van der Waals surface area contributed by atoms with E-state index in [1.165, 1.54) is 30.7 Å². The van der Waals surface area contributed by atoms with Crippen LogP contribution in [0.3, 0.4) is 0 Å². The first-order chi connectivity index (χ1) is 10.2. The van der Waals surface area contributed by atoms with Gasteiger partial charge in [-0.1, -0.05) is 18.2 Å². The Balaban J connectivity index is 1.74. The van der Waals surface area contributed by atoms with Gasteiger partial charge in [0.25, 0.3) is 0 Å². The van der Waals surface area contributed by atoms with Crippen LogP contribution >= 0.6 is 0 Å². The summed E-state index contributed by atoms with van der Waals surface area (Å²) in [5.41, 5.74) is 3.07. The Labute approximate surface area is 124 Å². The fourth-order valence-electron chi connectivity index (χ4n) is 2.71. The monoisotopic (exact) mass is 286 g/mol. The molecular formula is C17H19FN2O. The van der Waals surface area contributed by atoms with E-state index in [1.807, 2.05) is 18.2 Å². The van der Waals surface area contributed by atoms with Gasteiger partial charge in [-0.05, 0) is 42.7 Å². The van der Waals surface area contributed by atoms with Gasteiger partial charge >= 0.3 is 0 Å². The SMILES string of the molecule is Oc1ccc(CNc2ccccc2N2CCCC2)cc1F. The summed E-state index contributed by atoms with van der Waals surface area (Å²) < 4.78 is 13.3. The molecule has 0 saturated carbocycles. The highest BCUT2D eigenvalue weighted by Crippen LogP contribution is 2.29. The number of phenolic OH excluding ortho intramolecular Hbond substituents is 1. The van der Waals surface area contributed by atoms with Gasteiger partial charge in [-0.2, -0.15) is 0 Å².